The van der Waals surface area contributed by atoms with Gasteiger partial charge in [-0.05, 0) is 72.1 Å². The molecular formula is C34H34F3N5O4. The Morgan fingerprint density at radius 1 is 1.07 bits per heavy atom. The van der Waals surface area contributed by atoms with Gasteiger partial charge in [-0.15, -0.1) is 0 Å². The number of aromatic nitrogens is 2. The molecule has 1 saturated heterocycles. The monoisotopic (exact) mass is 633 g/mol. The number of fused-ring (bicyclic) bond motifs is 3. The Hall–Kier alpha value is -4.84. The van der Waals surface area contributed by atoms with Crippen molar-refractivity contribution in [2.24, 2.45) is 0 Å². The summed E-state index contributed by atoms with van der Waals surface area (Å²) in [6.07, 6.45) is -0.0971. The number of carbonyl (C=O) groups excluding carboxylic acids is 1. The van der Waals surface area contributed by atoms with Gasteiger partial charge in [0.25, 0.3) is 0 Å². The molecule has 3 heterocycles. The van der Waals surface area contributed by atoms with Gasteiger partial charge in [0.1, 0.15) is 5.75 Å². The highest BCUT2D eigenvalue weighted by Crippen LogP contribution is 2.65. The zero-order chi connectivity index (χ0) is 32.6. The van der Waals surface area contributed by atoms with Crippen LogP contribution in [0.5, 0.6) is 5.75 Å². The van der Waals surface area contributed by atoms with E-state index >= 15 is 0 Å². The molecule has 1 saturated carbocycles. The molecule has 1 spiro atoms. The van der Waals surface area contributed by atoms with Crippen LogP contribution in [-0.4, -0.2) is 78.1 Å². The van der Waals surface area contributed by atoms with Gasteiger partial charge in [0, 0.05) is 48.9 Å². The molecule has 12 heteroatoms. The highest BCUT2D eigenvalue weighted by atomic mass is 19.4. The van der Waals surface area contributed by atoms with Crippen molar-refractivity contribution < 1.29 is 32.6 Å². The molecule has 0 radical (unpaired) electrons. The number of methoxy groups -OCH3 is 1. The van der Waals surface area contributed by atoms with Crippen molar-refractivity contribution in [3.8, 4) is 5.75 Å². The number of aliphatic carboxylic acids is 1. The molecule has 9 nitrogen and oxygen atoms in total. The Morgan fingerprint density at radius 3 is 2.43 bits per heavy atom. The van der Waals surface area contributed by atoms with Crippen LogP contribution >= 0.6 is 0 Å². The fraction of sp³-hybridized carbons (Fsp3) is 0.324. The first kappa shape index (κ1) is 31.2. The second-order valence-electron chi connectivity index (χ2n) is 11.7. The largest absolute Gasteiger partial charge is 0.497 e. The molecule has 46 heavy (non-hydrogen) atoms. The van der Waals surface area contributed by atoms with E-state index in [0.29, 0.717) is 0 Å². The molecule has 2 aliphatic heterocycles. The molecule has 1 aromatic heterocycles. The lowest BCUT2D eigenvalue weighted by Gasteiger charge is -2.35. The summed E-state index contributed by atoms with van der Waals surface area (Å²) in [7, 11) is 1.66. The molecule has 3 N–H and O–H groups in total. The number of nitrogens with one attached hydrogen (secondary N) is 2. The predicted octanol–water partition coefficient (Wildman–Crippen LogP) is 5.89. The number of benzene rings is 3. The maximum atomic E-state index is 13.0. The Bertz CT molecular complexity index is 1790. The number of halogens is 3. The molecule has 3 aliphatic rings. The molecule has 2 atom stereocenters. The van der Waals surface area contributed by atoms with Gasteiger partial charge in [-0.25, -0.2) is 4.79 Å². The molecule has 0 bridgehead atoms. The summed E-state index contributed by atoms with van der Waals surface area (Å²) in [6.45, 7) is 7.78. The fourth-order valence-corrected chi connectivity index (χ4v) is 6.39. The lowest BCUT2D eigenvalue weighted by atomic mass is 9.91. The molecule has 4 aromatic rings. The third-order valence-electron chi connectivity index (χ3n) is 9.09. The van der Waals surface area contributed by atoms with Gasteiger partial charge < -0.3 is 25.0 Å². The van der Waals surface area contributed by atoms with Crippen molar-refractivity contribution in [1.82, 2.24) is 15.1 Å². The number of carbonyl (C=O) groups is 2. The highest BCUT2D eigenvalue weighted by molar-refractivity contribution is 6.10. The first-order chi connectivity index (χ1) is 22.0. The number of ether oxygens (including phenoxy) is 1. The van der Waals surface area contributed by atoms with Crippen molar-refractivity contribution in [3.63, 3.8) is 0 Å². The Kier molecular flexibility index (Phi) is 8.24. The van der Waals surface area contributed by atoms with Crippen molar-refractivity contribution >= 4 is 46.3 Å². The van der Waals surface area contributed by atoms with E-state index in [1.807, 2.05) is 18.2 Å². The van der Waals surface area contributed by atoms with Crippen LogP contribution in [0.1, 0.15) is 41.6 Å². The smallest absolute Gasteiger partial charge is 0.490 e. The number of anilines is 2. The van der Waals surface area contributed by atoms with E-state index in [9.17, 15) is 18.0 Å². The van der Waals surface area contributed by atoms with Crippen LogP contribution in [0.25, 0.3) is 23.1 Å². The number of H-pyrrole nitrogens is 1. The molecule has 1 aliphatic carbocycles. The summed E-state index contributed by atoms with van der Waals surface area (Å²) in [5.74, 6) is -1.76. The van der Waals surface area contributed by atoms with Crippen molar-refractivity contribution in [2.45, 2.75) is 30.9 Å². The summed E-state index contributed by atoms with van der Waals surface area (Å²) < 4.78 is 37.2. The van der Waals surface area contributed by atoms with Crippen molar-refractivity contribution in [2.75, 3.05) is 50.1 Å². The Morgan fingerprint density at radius 2 is 1.78 bits per heavy atom. The fourth-order valence-electron chi connectivity index (χ4n) is 6.39. The van der Waals surface area contributed by atoms with Crippen LogP contribution < -0.4 is 15.0 Å². The zero-order valence-electron chi connectivity index (χ0n) is 25.4. The lowest BCUT2D eigenvalue weighted by molar-refractivity contribution is -0.192. The molecule has 7 rings (SSSR count). The maximum Gasteiger partial charge on any atom is 0.490 e. The number of alkyl halides is 3. The number of amides is 1. The number of hydrogen-bond acceptors (Lipinski definition) is 6. The van der Waals surface area contributed by atoms with Gasteiger partial charge in [0.2, 0.25) is 5.91 Å². The summed E-state index contributed by atoms with van der Waals surface area (Å²) >= 11 is 0. The van der Waals surface area contributed by atoms with Gasteiger partial charge in [-0.2, -0.15) is 18.3 Å². The van der Waals surface area contributed by atoms with Crippen molar-refractivity contribution in [3.05, 3.63) is 83.0 Å². The first-order valence-electron chi connectivity index (χ1n) is 15.1. The average molecular weight is 634 g/mol. The van der Waals surface area contributed by atoms with Crippen molar-refractivity contribution in [1.29, 1.82) is 0 Å². The van der Waals surface area contributed by atoms with E-state index in [1.54, 1.807) is 7.11 Å². The predicted molar refractivity (Wildman–Crippen MR) is 170 cm³/mol. The van der Waals surface area contributed by atoms with Gasteiger partial charge in [0.15, 0.2) is 0 Å². The van der Waals surface area contributed by atoms with E-state index in [-0.39, 0.29) is 11.8 Å². The number of rotatable bonds is 6. The van der Waals surface area contributed by atoms with Crippen LogP contribution in [0.15, 0.2) is 60.7 Å². The summed E-state index contributed by atoms with van der Waals surface area (Å²) in [4.78, 5) is 26.9. The van der Waals surface area contributed by atoms with E-state index in [4.69, 9.17) is 14.6 Å². The van der Waals surface area contributed by atoms with Crippen LogP contribution in [0.3, 0.4) is 0 Å². The van der Waals surface area contributed by atoms with Gasteiger partial charge in [0.05, 0.1) is 23.7 Å². The quantitative estimate of drug-likeness (QED) is 0.243. The first-order valence-corrected chi connectivity index (χ1v) is 15.1. The number of hydrogen-bond donors (Lipinski definition) is 3. The second kappa shape index (κ2) is 12.2. The number of aromatic amines is 1. The topological polar surface area (TPSA) is 111 Å². The van der Waals surface area contributed by atoms with E-state index in [2.05, 4.69) is 86.9 Å². The third kappa shape index (κ3) is 5.92. The van der Waals surface area contributed by atoms with E-state index < -0.39 is 17.6 Å². The number of nitrogens with zero attached hydrogens (tertiary/aromatic N) is 3. The number of likely N-dealkylation sites (N-methyl/N-ethyl adjacent to an activating group) is 1. The summed E-state index contributed by atoms with van der Waals surface area (Å²) in [5, 5.41) is 19.1. The minimum atomic E-state index is -5.08. The van der Waals surface area contributed by atoms with Gasteiger partial charge in [-0.3, -0.25) is 9.89 Å². The lowest BCUT2D eigenvalue weighted by Crippen LogP contribution is -2.46. The molecule has 1 amide bonds. The average Bonchev–Trinajstić information content (AvgIpc) is 3.60. The van der Waals surface area contributed by atoms with Gasteiger partial charge >= 0.3 is 12.1 Å². The van der Waals surface area contributed by atoms with E-state index in [1.165, 1.54) is 5.69 Å². The molecular weight excluding hydrogens is 599 g/mol. The van der Waals surface area contributed by atoms with Crippen LogP contribution in [0.2, 0.25) is 0 Å². The minimum absolute atomic E-state index is 0.0818. The van der Waals surface area contributed by atoms with Crippen LogP contribution in [0, 0.1) is 0 Å². The number of piperazine rings is 1. The zero-order valence-corrected chi connectivity index (χ0v) is 25.4. The number of carboxylic acid groups (broad SMARTS) is 1. The van der Waals surface area contributed by atoms with Crippen LogP contribution in [0.4, 0.5) is 24.5 Å². The second-order valence-corrected chi connectivity index (χ2v) is 11.7. The van der Waals surface area contributed by atoms with Gasteiger partial charge in [-0.1, -0.05) is 37.3 Å². The highest BCUT2D eigenvalue weighted by Gasteiger charge is 2.65. The normalized spacial score (nSPS) is 20.8. The SMILES string of the molecule is CCN1CCN(c2ccc(C=Cc3n[nH]c4cc([C@@H]5C[C@@]56C(=O)Nc5ccc(OC)cc56)ccc34)cc2)CC1.O=C(O)C(F)(F)F. The minimum Gasteiger partial charge on any atom is -0.497 e. The number of carboxylic acids is 1. The van der Waals surface area contributed by atoms with E-state index in [0.717, 1.165) is 83.9 Å². The molecule has 3 aromatic carbocycles. The molecule has 240 valence electrons. The molecule has 2 fully saturated rings. The summed E-state index contributed by atoms with van der Waals surface area (Å²) in [5.41, 5.74) is 6.93. The standard InChI is InChI=1S/C32H33N5O2.C2HF3O2/c1-3-36-14-16-37(17-15-36)23-8-4-21(5-9-23)6-12-28-25-11-7-22(18-30(25)35-34-28)27-20-32(27)26-19-24(39-2)10-13-29(26)33-31(32)38;3-2(4,5)1(6)7/h4-13,18-19,27H,3,14-17,20H2,1-2H3,(H,33,38)(H,34,35);(H,6,7)/t27-,32-;/m0./s1. The maximum absolute atomic E-state index is 13.0. The van der Waals surface area contributed by atoms with Crippen LogP contribution in [-0.2, 0) is 15.0 Å². The molecule has 0 unspecified atom stereocenters. The summed E-state index contributed by atoms with van der Waals surface area (Å²) in [6, 6.07) is 21.0. The Labute approximate surface area is 263 Å². The third-order valence-corrected chi connectivity index (χ3v) is 9.09. The Balaban J connectivity index is 0.000000480.